The molecule has 1 nitrogen and oxygen atoms in total. The van der Waals surface area contributed by atoms with Gasteiger partial charge in [0.1, 0.15) is 10.1 Å². The van der Waals surface area contributed by atoms with Crippen LogP contribution >= 0.6 is 23.2 Å². The Morgan fingerprint density at radius 2 is 1.36 bits per heavy atom. The summed E-state index contributed by atoms with van der Waals surface area (Å²) in [6, 6.07) is 0. The van der Waals surface area contributed by atoms with Crippen LogP contribution in [0.15, 0.2) is 0 Å². The number of fused-ring (bicyclic) bond motifs is 1. The first-order valence-corrected chi connectivity index (χ1v) is 6.46. The molecular formula is C11H12Cl2O. The number of rotatable bonds is 0. The summed E-state index contributed by atoms with van der Waals surface area (Å²) in [7, 11) is 0. The lowest BCUT2D eigenvalue weighted by Crippen LogP contribution is -2.27. The monoisotopic (exact) mass is 230 g/mol. The molecule has 1 aliphatic heterocycles. The van der Waals surface area contributed by atoms with Crippen molar-refractivity contribution in [3.8, 4) is 0 Å². The van der Waals surface area contributed by atoms with Crippen molar-refractivity contribution in [2.75, 3.05) is 0 Å². The zero-order valence-electron chi connectivity index (χ0n) is 7.75. The maximum Gasteiger partial charge on any atom is 0.147 e. The second-order valence-corrected chi connectivity index (χ2v) is 7.30. The van der Waals surface area contributed by atoms with Crippen LogP contribution in [0, 0.1) is 35.5 Å². The second-order valence-electron chi connectivity index (χ2n) is 6.03. The predicted octanol–water partition coefficient (Wildman–Crippen LogP) is 2.81. The highest BCUT2D eigenvalue weighted by molar-refractivity contribution is 6.27. The standard InChI is InChI=1S/C11H12Cl2O/c12-10-2-6-4-1-5-7(6)3-11(13,14-10)9(5)8(4)10/h4-9H,1-3H2/t4-,5+,6-,7+,8+,9-,10+,11-. The molecule has 5 aliphatic rings. The van der Waals surface area contributed by atoms with Crippen molar-refractivity contribution in [1.82, 2.24) is 0 Å². The average Bonchev–Trinajstić information content (AvgIpc) is 2.69. The summed E-state index contributed by atoms with van der Waals surface area (Å²) < 4.78 is 6.04. The van der Waals surface area contributed by atoms with E-state index in [9.17, 15) is 0 Å². The summed E-state index contributed by atoms with van der Waals surface area (Å²) in [5, 5.41) is -0.719. The van der Waals surface area contributed by atoms with Crippen LogP contribution in [0.1, 0.15) is 19.3 Å². The zero-order chi connectivity index (χ0) is 9.29. The van der Waals surface area contributed by atoms with Crippen LogP contribution in [0.4, 0.5) is 0 Å². The maximum atomic E-state index is 6.62. The minimum Gasteiger partial charge on any atom is -0.337 e. The Balaban J connectivity index is 1.86. The summed E-state index contributed by atoms with van der Waals surface area (Å²) >= 11 is 13.2. The summed E-state index contributed by atoms with van der Waals surface area (Å²) in [5.41, 5.74) is 0. The van der Waals surface area contributed by atoms with Crippen LogP contribution in [0.5, 0.6) is 0 Å². The molecule has 0 radical (unpaired) electrons. The molecule has 0 N–H and O–H groups in total. The lowest BCUT2D eigenvalue weighted by atomic mass is 9.80. The van der Waals surface area contributed by atoms with Crippen molar-refractivity contribution >= 4 is 23.2 Å². The van der Waals surface area contributed by atoms with Gasteiger partial charge >= 0.3 is 0 Å². The van der Waals surface area contributed by atoms with E-state index in [0.29, 0.717) is 11.8 Å². The van der Waals surface area contributed by atoms with Gasteiger partial charge < -0.3 is 4.74 Å². The van der Waals surface area contributed by atoms with Gasteiger partial charge in [-0.25, -0.2) is 0 Å². The van der Waals surface area contributed by atoms with E-state index in [-0.39, 0.29) is 10.1 Å². The first-order chi connectivity index (χ1) is 6.62. The molecule has 5 fully saturated rings. The number of hydrogen-bond donors (Lipinski definition) is 0. The van der Waals surface area contributed by atoms with E-state index in [0.717, 1.165) is 36.5 Å². The molecule has 8 atom stereocenters. The highest BCUT2D eigenvalue weighted by atomic mass is 35.5. The molecule has 1 saturated heterocycles. The summed E-state index contributed by atoms with van der Waals surface area (Å²) in [4.78, 5) is 0. The van der Waals surface area contributed by atoms with Crippen molar-refractivity contribution < 1.29 is 4.74 Å². The molecular weight excluding hydrogens is 219 g/mol. The van der Waals surface area contributed by atoms with Gasteiger partial charge in [-0.2, -0.15) is 0 Å². The minimum atomic E-state index is -0.359. The molecule has 14 heavy (non-hydrogen) atoms. The molecule has 1 heterocycles. The van der Waals surface area contributed by atoms with Crippen molar-refractivity contribution in [3.05, 3.63) is 0 Å². The average molecular weight is 231 g/mol. The maximum absolute atomic E-state index is 6.62. The fourth-order valence-corrected chi connectivity index (χ4v) is 7.12. The van der Waals surface area contributed by atoms with Gasteiger partial charge in [0.05, 0.1) is 0 Å². The predicted molar refractivity (Wildman–Crippen MR) is 53.0 cm³/mol. The number of hydrogen-bond acceptors (Lipinski definition) is 1. The first kappa shape index (κ1) is 7.76. The molecule has 76 valence electrons. The van der Waals surface area contributed by atoms with Gasteiger partial charge in [0.15, 0.2) is 0 Å². The van der Waals surface area contributed by atoms with Crippen molar-refractivity contribution in [1.29, 1.82) is 0 Å². The third kappa shape index (κ3) is 0.522. The van der Waals surface area contributed by atoms with E-state index in [1.165, 1.54) is 6.42 Å². The second kappa shape index (κ2) is 1.78. The molecule has 2 bridgehead atoms. The normalized spacial score (nSPS) is 81.0. The molecule has 4 saturated carbocycles. The Morgan fingerprint density at radius 1 is 0.857 bits per heavy atom. The van der Waals surface area contributed by atoms with Gasteiger partial charge in [-0.1, -0.05) is 23.2 Å². The quantitative estimate of drug-likeness (QED) is 0.582. The summed E-state index contributed by atoms with van der Waals surface area (Å²) in [6.45, 7) is 0. The molecule has 0 aromatic carbocycles. The lowest BCUT2D eigenvalue weighted by Gasteiger charge is -2.24. The molecule has 5 rings (SSSR count). The molecule has 4 aliphatic carbocycles. The fraction of sp³-hybridized carbons (Fsp3) is 1.00. The smallest absolute Gasteiger partial charge is 0.147 e. The van der Waals surface area contributed by atoms with Crippen molar-refractivity contribution in [2.45, 2.75) is 29.4 Å². The molecule has 3 heteroatoms. The number of alkyl halides is 2. The van der Waals surface area contributed by atoms with E-state index < -0.39 is 0 Å². The SMILES string of the molecule is Cl[C@]12C[C@@H]3[C@@H]4C[C@](Cl)(O1)[C@H]1[C@@H]4C[C@@H]3[C@H]12. The minimum absolute atomic E-state index is 0.359. The number of halogens is 2. The fourth-order valence-electron chi connectivity index (χ4n) is 5.85. The van der Waals surface area contributed by atoms with E-state index in [4.69, 9.17) is 27.9 Å². The molecule has 0 amide bonds. The summed E-state index contributed by atoms with van der Waals surface area (Å²) in [6.07, 6.45) is 3.56. The first-order valence-electron chi connectivity index (χ1n) is 5.70. The van der Waals surface area contributed by atoms with Crippen LogP contribution in [0.25, 0.3) is 0 Å². The molecule has 0 spiro atoms. The van der Waals surface area contributed by atoms with E-state index in [1.54, 1.807) is 0 Å². The zero-order valence-corrected chi connectivity index (χ0v) is 9.26. The van der Waals surface area contributed by atoms with Crippen LogP contribution in [0.3, 0.4) is 0 Å². The highest BCUT2D eigenvalue weighted by Gasteiger charge is 2.82. The van der Waals surface area contributed by atoms with Crippen molar-refractivity contribution in [3.63, 3.8) is 0 Å². The van der Waals surface area contributed by atoms with Gasteiger partial charge in [0.25, 0.3) is 0 Å². The van der Waals surface area contributed by atoms with Crippen LogP contribution in [-0.4, -0.2) is 10.1 Å². The molecule has 0 aromatic rings. The van der Waals surface area contributed by atoms with Gasteiger partial charge in [-0.05, 0) is 42.9 Å². The van der Waals surface area contributed by atoms with Crippen LogP contribution < -0.4 is 0 Å². The Bertz CT molecular complexity index is 323. The van der Waals surface area contributed by atoms with Gasteiger partial charge in [0.2, 0.25) is 0 Å². The van der Waals surface area contributed by atoms with Gasteiger partial charge in [-0.3, -0.25) is 0 Å². The Kier molecular flexibility index (Phi) is 0.989. The Labute approximate surface area is 93.1 Å². The Morgan fingerprint density at radius 3 is 1.86 bits per heavy atom. The van der Waals surface area contributed by atoms with Gasteiger partial charge in [0, 0.05) is 11.8 Å². The van der Waals surface area contributed by atoms with Crippen LogP contribution in [0.2, 0.25) is 0 Å². The van der Waals surface area contributed by atoms with Crippen LogP contribution in [-0.2, 0) is 4.74 Å². The third-order valence-corrected chi connectivity index (χ3v) is 6.83. The third-order valence-electron chi connectivity index (χ3n) is 5.87. The van der Waals surface area contributed by atoms with E-state index in [1.807, 2.05) is 0 Å². The van der Waals surface area contributed by atoms with E-state index in [2.05, 4.69) is 0 Å². The molecule has 0 unspecified atom stereocenters. The van der Waals surface area contributed by atoms with E-state index >= 15 is 0 Å². The largest absolute Gasteiger partial charge is 0.337 e. The molecule has 0 aromatic heterocycles. The van der Waals surface area contributed by atoms with Crippen molar-refractivity contribution in [2.24, 2.45) is 35.5 Å². The topological polar surface area (TPSA) is 9.23 Å². The number of ether oxygens (including phenoxy) is 1. The van der Waals surface area contributed by atoms with Gasteiger partial charge in [-0.15, -0.1) is 0 Å². The Hall–Kier alpha value is 0.540. The summed E-state index contributed by atoms with van der Waals surface area (Å²) in [5.74, 6) is 4.60. The highest BCUT2D eigenvalue weighted by Crippen LogP contribution is 2.82. The lowest BCUT2D eigenvalue weighted by molar-refractivity contribution is -0.0159.